The lowest BCUT2D eigenvalue weighted by atomic mass is 10.2. The fourth-order valence-electron chi connectivity index (χ4n) is 1.77. The Morgan fingerprint density at radius 2 is 2.11 bits per heavy atom. The van der Waals surface area contributed by atoms with Crippen LogP contribution in [0.3, 0.4) is 0 Å². The number of carbonyl (C=O) groups excluding carboxylic acids is 1. The molecule has 0 radical (unpaired) electrons. The van der Waals surface area contributed by atoms with Crippen molar-refractivity contribution in [2.24, 2.45) is 0 Å². The molecular formula is C14H16N2O3. The van der Waals surface area contributed by atoms with Crippen LogP contribution in [0.25, 0.3) is 0 Å². The minimum Gasteiger partial charge on any atom is -0.488 e. The third-order valence-electron chi connectivity index (χ3n) is 2.91. The summed E-state index contributed by atoms with van der Waals surface area (Å²) in [6, 6.07) is 7.12. The van der Waals surface area contributed by atoms with Crippen LogP contribution >= 0.6 is 0 Å². The van der Waals surface area contributed by atoms with Crippen molar-refractivity contribution in [3.05, 3.63) is 46.8 Å². The minimum atomic E-state index is -0.172. The Morgan fingerprint density at radius 3 is 2.74 bits per heavy atom. The molecule has 19 heavy (non-hydrogen) atoms. The average Bonchev–Trinajstić information content (AvgIpc) is 2.75. The maximum absolute atomic E-state index is 11.7. The lowest BCUT2D eigenvalue weighted by Crippen LogP contribution is -2.18. The number of nitrogens with zero attached hydrogens (tertiary/aromatic N) is 1. The summed E-state index contributed by atoms with van der Waals surface area (Å²) in [5.74, 6) is 1.10. The fourth-order valence-corrected chi connectivity index (χ4v) is 1.77. The van der Waals surface area contributed by atoms with Gasteiger partial charge in [0.2, 0.25) is 0 Å². The van der Waals surface area contributed by atoms with E-state index in [-0.39, 0.29) is 5.91 Å². The molecule has 0 unspecified atom stereocenters. The van der Waals surface area contributed by atoms with Gasteiger partial charge in [-0.1, -0.05) is 17.3 Å². The third-order valence-corrected chi connectivity index (χ3v) is 2.91. The summed E-state index contributed by atoms with van der Waals surface area (Å²) >= 11 is 0. The predicted molar refractivity (Wildman–Crippen MR) is 70.1 cm³/mol. The van der Waals surface area contributed by atoms with Crippen molar-refractivity contribution in [1.29, 1.82) is 0 Å². The highest BCUT2D eigenvalue weighted by molar-refractivity contribution is 5.96. The maximum atomic E-state index is 11.7. The van der Waals surface area contributed by atoms with E-state index in [1.807, 2.05) is 19.9 Å². The number of nitrogens with one attached hydrogen (secondary N) is 1. The van der Waals surface area contributed by atoms with Gasteiger partial charge in [0, 0.05) is 7.05 Å². The van der Waals surface area contributed by atoms with Crippen LogP contribution in [0.1, 0.15) is 27.4 Å². The number of amides is 1. The average molecular weight is 260 g/mol. The van der Waals surface area contributed by atoms with E-state index in [4.69, 9.17) is 9.26 Å². The van der Waals surface area contributed by atoms with E-state index in [1.54, 1.807) is 25.2 Å². The van der Waals surface area contributed by atoms with Crippen LogP contribution in [-0.2, 0) is 6.61 Å². The summed E-state index contributed by atoms with van der Waals surface area (Å²) in [6.07, 6.45) is 0. The summed E-state index contributed by atoms with van der Waals surface area (Å²) in [5.41, 5.74) is 2.22. The highest BCUT2D eigenvalue weighted by Crippen LogP contribution is 2.21. The Hall–Kier alpha value is -2.30. The van der Waals surface area contributed by atoms with Gasteiger partial charge in [0.05, 0.1) is 16.8 Å². The number of para-hydroxylation sites is 1. The topological polar surface area (TPSA) is 64.4 Å². The van der Waals surface area contributed by atoms with E-state index >= 15 is 0 Å². The minimum absolute atomic E-state index is 0.172. The number of carbonyl (C=O) groups is 1. The van der Waals surface area contributed by atoms with Gasteiger partial charge in [0.25, 0.3) is 5.91 Å². The molecule has 5 nitrogen and oxygen atoms in total. The first kappa shape index (κ1) is 13.1. The summed E-state index contributed by atoms with van der Waals surface area (Å²) in [5, 5.41) is 6.46. The van der Waals surface area contributed by atoms with Gasteiger partial charge < -0.3 is 14.6 Å². The first-order valence-electron chi connectivity index (χ1n) is 5.99. The zero-order valence-corrected chi connectivity index (χ0v) is 11.2. The van der Waals surface area contributed by atoms with Crippen LogP contribution in [0.5, 0.6) is 5.75 Å². The Kier molecular flexibility index (Phi) is 3.85. The third kappa shape index (κ3) is 2.76. The van der Waals surface area contributed by atoms with Crippen LogP contribution in [0.2, 0.25) is 0 Å². The molecule has 0 saturated carbocycles. The van der Waals surface area contributed by atoms with Crippen LogP contribution in [0.4, 0.5) is 0 Å². The van der Waals surface area contributed by atoms with E-state index < -0.39 is 0 Å². The number of benzene rings is 1. The van der Waals surface area contributed by atoms with Gasteiger partial charge in [-0.05, 0) is 26.0 Å². The normalized spacial score (nSPS) is 10.3. The van der Waals surface area contributed by atoms with Gasteiger partial charge >= 0.3 is 0 Å². The first-order chi connectivity index (χ1) is 9.13. The Bertz CT molecular complexity index is 571. The predicted octanol–water partition coefficient (Wildman–Crippen LogP) is 2.23. The summed E-state index contributed by atoms with van der Waals surface area (Å²) in [7, 11) is 1.59. The number of aryl methyl sites for hydroxylation is 2. The fraction of sp³-hybridized carbons (Fsp3) is 0.286. The molecule has 0 bridgehead atoms. The first-order valence-corrected chi connectivity index (χ1v) is 5.99. The van der Waals surface area contributed by atoms with Crippen molar-refractivity contribution in [3.8, 4) is 5.75 Å². The summed E-state index contributed by atoms with van der Waals surface area (Å²) in [4.78, 5) is 11.7. The molecule has 0 atom stereocenters. The lowest BCUT2D eigenvalue weighted by molar-refractivity contribution is 0.0958. The standard InChI is InChI=1S/C14H16N2O3/c1-9-12(10(2)19-16-9)8-18-13-7-5-4-6-11(13)14(17)15-3/h4-7H,8H2,1-3H3,(H,15,17). The smallest absolute Gasteiger partial charge is 0.254 e. The lowest BCUT2D eigenvalue weighted by Gasteiger charge is -2.10. The van der Waals surface area contributed by atoms with Crippen molar-refractivity contribution < 1.29 is 14.1 Å². The van der Waals surface area contributed by atoms with E-state index in [9.17, 15) is 4.79 Å². The SMILES string of the molecule is CNC(=O)c1ccccc1OCc1c(C)noc1C. The van der Waals surface area contributed by atoms with Crippen molar-refractivity contribution in [3.63, 3.8) is 0 Å². The monoisotopic (exact) mass is 260 g/mol. The molecule has 1 aromatic carbocycles. The second kappa shape index (κ2) is 5.56. The van der Waals surface area contributed by atoms with Crippen molar-refractivity contribution in [1.82, 2.24) is 10.5 Å². The molecule has 0 fully saturated rings. The van der Waals surface area contributed by atoms with E-state index in [2.05, 4.69) is 10.5 Å². The summed E-state index contributed by atoms with van der Waals surface area (Å²) < 4.78 is 10.8. The molecule has 2 aromatic rings. The van der Waals surface area contributed by atoms with Crippen LogP contribution in [-0.4, -0.2) is 18.1 Å². The quantitative estimate of drug-likeness (QED) is 0.915. The molecular weight excluding hydrogens is 244 g/mol. The van der Waals surface area contributed by atoms with Gasteiger partial charge in [-0.2, -0.15) is 0 Å². The Labute approximate surface area is 111 Å². The number of rotatable bonds is 4. The molecule has 1 N–H and O–H groups in total. The molecule has 1 aromatic heterocycles. The van der Waals surface area contributed by atoms with Crippen LogP contribution in [0.15, 0.2) is 28.8 Å². The zero-order valence-electron chi connectivity index (χ0n) is 11.2. The van der Waals surface area contributed by atoms with Gasteiger partial charge in [-0.15, -0.1) is 0 Å². The van der Waals surface area contributed by atoms with Gasteiger partial charge in [0.15, 0.2) is 0 Å². The Morgan fingerprint density at radius 1 is 1.37 bits per heavy atom. The Balaban J connectivity index is 2.18. The van der Waals surface area contributed by atoms with Gasteiger partial charge in [-0.3, -0.25) is 4.79 Å². The molecule has 5 heteroatoms. The van der Waals surface area contributed by atoms with Crippen molar-refractivity contribution in [2.75, 3.05) is 7.05 Å². The molecule has 0 aliphatic heterocycles. The number of ether oxygens (including phenoxy) is 1. The molecule has 2 rings (SSSR count). The second-order valence-corrected chi connectivity index (χ2v) is 4.17. The molecule has 100 valence electrons. The molecule has 1 amide bonds. The molecule has 0 saturated heterocycles. The highest BCUT2D eigenvalue weighted by Gasteiger charge is 2.13. The molecule has 0 aliphatic rings. The van der Waals surface area contributed by atoms with Crippen LogP contribution < -0.4 is 10.1 Å². The van der Waals surface area contributed by atoms with E-state index in [0.717, 1.165) is 17.0 Å². The van der Waals surface area contributed by atoms with Crippen molar-refractivity contribution >= 4 is 5.91 Å². The van der Waals surface area contributed by atoms with Gasteiger partial charge in [0.1, 0.15) is 18.1 Å². The second-order valence-electron chi connectivity index (χ2n) is 4.17. The zero-order chi connectivity index (χ0) is 13.8. The van der Waals surface area contributed by atoms with E-state index in [0.29, 0.717) is 17.9 Å². The maximum Gasteiger partial charge on any atom is 0.254 e. The van der Waals surface area contributed by atoms with E-state index in [1.165, 1.54) is 0 Å². The van der Waals surface area contributed by atoms with Crippen molar-refractivity contribution in [2.45, 2.75) is 20.5 Å². The summed E-state index contributed by atoms with van der Waals surface area (Å²) in [6.45, 7) is 4.03. The number of aromatic nitrogens is 1. The number of hydrogen-bond donors (Lipinski definition) is 1. The highest BCUT2D eigenvalue weighted by atomic mass is 16.5. The largest absolute Gasteiger partial charge is 0.488 e. The molecule has 0 spiro atoms. The molecule has 0 aliphatic carbocycles. The van der Waals surface area contributed by atoms with Crippen LogP contribution in [0, 0.1) is 13.8 Å². The number of hydrogen-bond acceptors (Lipinski definition) is 4. The van der Waals surface area contributed by atoms with Gasteiger partial charge in [-0.25, -0.2) is 0 Å². The molecule has 1 heterocycles.